The highest BCUT2D eigenvalue weighted by molar-refractivity contribution is 5.94. The summed E-state index contributed by atoms with van der Waals surface area (Å²) in [7, 11) is 0. The van der Waals surface area contributed by atoms with E-state index in [1.807, 2.05) is 0 Å². The normalized spacial score (nSPS) is 13.4. The highest BCUT2D eigenvalue weighted by atomic mass is 19.4. The number of benzene rings is 1. The number of aromatic nitrogens is 1. The SMILES string of the molecule is CC(CN)C(=O)Nc1ccc2oc(C(F)(F)F)nc2c1. The van der Waals surface area contributed by atoms with Gasteiger partial charge in [-0.1, -0.05) is 6.92 Å². The predicted molar refractivity (Wildman–Crippen MR) is 65.9 cm³/mol. The van der Waals surface area contributed by atoms with Crippen molar-refractivity contribution in [3.63, 3.8) is 0 Å². The summed E-state index contributed by atoms with van der Waals surface area (Å²) < 4.78 is 41.9. The second-order valence-electron chi connectivity index (χ2n) is 4.33. The van der Waals surface area contributed by atoms with Crippen LogP contribution in [0.25, 0.3) is 11.1 Å². The van der Waals surface area contributed by atoms with Gasteiger partial charge < -0.3 is 15.5 Å². The lowest BCUT2D eigenvalue weighted by molar-refractivity contribution is -0.156. The van der Waals surface area contributed by atoms with E-state index in [4.69, 9.17) is 5.73 Å². The zero-order chi connectivity index (χ0) is 14.9. The van der Waals surface area contributed by atoms with E-state index in [0.717, 1.165) is 0 Å². The minimum absolute atomic E-state index is 0.00203. The monoisotopic (exact) mass is 287 g/mol. The van der Waals surface area contributed by atoms with Crippen molar-refractivity contribution < 1.29 is 22.4 Å². The Hall–Kier alpha value is -2.09. The van der Waals surface area contributed by atoms with Crippen LogP contribution in [0.5, 0.6) is 0 Å². The van der Waals surface area contributed by atoms with Gasteiger partial charge in [-0.25, -0.2) is 4.98 Å². The molecular weight excluding hydrogens is 275 g/mol. The van der Waals surface area contributed by atoms with Crippen LogP contribution in [0, 0.1) is 5.92 Å². The number of halogens is 3. The number of amides is 1. The molecule has 108 valence electrons. The Morgan fingerprint density at radius 3 is 2.80 bits per heavy atom. The van der Waals surface area contributed by atoms with Crippen LogP contribution < -0.4 is 11.1 Å². The molecule has 0 saturated carbocycles. The maximum Gasteiger partial charge on any atom is 0.468 e. The molecule has 0 bridgehead atoms. The lowest BCUT2D eigenvalue weighted by Gasteiger charge is -2.09. The van der Waals surface area contributed by atoms with Crippen molar-refractivity contribution in [3.05, 3.63) is 24.1 Å². The number of rotatable bonds is 3. The number of carbonyl (C=O) groups is 1. The van der Waals surface area contributed by atoms with E-state index in [1.54, 1.807) is 6.92 Å². The first-order chi connectivity index (χ1) is 9.31. The zero-order valence-corrected chi connectivity index (χ0v) is 10.5. The Morgan fingerprint density at radius 2 is 2.20 bits per heavy atom. The fraction of sp³-hybridized carbons (Fsp3) is 0.333. The van der Waals surface area contributed by atoms with Gasteiger partial charge in [0.1, 0.15) is 5.52 Å². The van der Waals surface area contributed by atoms with Gasteiger partial charge in [-0.15, -0.1) is 0 Å². The van der Waals surface area contributed by atoms with Crippen molar-refractivity contribution >= 4 is 22.7 Å². The molecule has 1 unspecified atom stereocenters. The molecule has 0 saturated heterocycles. The second-order valence-corrected chi connectivity index (χ2v) is 4.33. The maximum atomic E-state index is 12.4. The summed E-state index contributed by atoms with van der Waals surface area (Å²) in [6.07, 6.45) is -4.64. The van der Waals surface area contributed by atoms with Crippen LogP contribution >= 0.6 is 0 Å². The number of carbonyl (C=O) groups excluding carboxylic acids is 1. The van der Waals surface area contributed by atoms with Crippen LogP contribution in [0.15, 0.2) is 22.6 Å². The lowest BCUT2D eigenvalue weighted by Crippen LogP contribution is -2.26. The van der Waals surface area contributed by atoms with Crippen LogP contribution in [-0.4, -0.2) is 17.4 Å². The van der Waals surface area contributed by atoms with Gasteiger partial charge >= 0.3 is 12.1 Å². The molecule has 3 N–H and O–H groups in total. The molecule has 8 heteroatoms. The minimum Gasteiger partial charge on any atom is -0.433 e. The quantitative estimate of drug-likeness (QED) is 0.908. The van der Waals surface area contributed by atoms with Gasteiger partial charge in [0.15, 0.2) is 5.58 Å². The summed E-state index contributed by atoms with van der Waals surface area (Å²) in [6, 6.07) is 4.07. The summed E-state index contributed by atoms with van der Waals surface area (Å²) in [5.74, 6) is -2.02. The number of nitrogens with one attached hydrogen (secondary N) is 1. The number of nitrogens with two attached hydrogens (primary N) is 1. The molecule has 2 rings (SSSR count). The van der Waals surface area contributed by atoms with Gasteiger partial charge in [0, 0.05) is 18.2 Å². The molecular formula is C12H12F3N3O2. The first-order valence-corrected chi connectivity index (χ1v) is 5.80. The van der Waals surface area contributed by atoms with Gasteiger partial charge in [-0.2, -0.15) is 13.2 Å². The van der Waals surface area contributed by atoms with Crippen LogP contribution in [0.4, 0.5) is 18.9 Å². The third-order valence-corrected chi connectivity index (χ3v) is 2.70. The first kappa shape index (κ1) is 14.3. The van der Waals surface area contributed by atoms with Crippen LogP contribution in [0.1, 0.15) is 12.8 Å². The molecule has 0 aliphatic carbocycles. The number of fused-ring (bicyclic) bond motifs is 1. The minimum atomic E-state index is -4.64. The maximum absolute atomic E-state index is 12.4. The molecule has 1 heterocycles. The topological polar surface area (TPSA) is 81.2 Å². The fourth-order valence-corrected chi connectivity index (χ4v) is 1.50. The second kappa shape index (κ2) is 5.12. The Labute approximate surface area is 111 Å². The Balaban J connectivity index is 2.27. The number of alkyl halides is 3. The van der Waals surface area contributed by atoms with E-state index < -0.39 is 18.0 Å². The number of hydrogen-bond donors (Lipinski definition) is 2. The summed E-state index contributed by atoms with van der Waals surface area (Å²) in [5.41, 5.74) is 5.72. The molecule has 0 spiro atoms. The first-order valence-electron chi connectivity index (χ1n) is 5.80. The number of oxazole rings is 1. The predicted octanol–water partition coefficient (Wildman–Crippen LogP) is 2.38. The van der Waals surface area contributed by atoms with E-state index in [2.05, 4.69) is 14.7 Å². The highest BCUT2D eigenvalue weighted by Gasteiger charge is 2.37. The van der Waals surface area contributed by atoms with Crippen molar-refractivity contribution in [2.45, 2.75) is 13.1 Å². The third-order valence-electron chi connectivity index (χ3n) is 2.70. The molecule has 1 atom stereocenters. The Kier molecular flexibility index (Phi) is 3.67. The van der Waals surface area contributed by atoms with Crippen molar-refractivity contribution in [2.24, 2.45) is 11.7 Å². The van der Waals surface area contributed by atoms with E-state index in [1.165, 1.54) is 18.2 Å². The fourth-order valence-electron chi connectivity index (χ4n) is 1.50. The van der Waals surface area contributed by atoms with Crippen LogP contribution in [0.2, 0.25) is 0 Å². The molecule has 0 aliphatic rings. The molecule has 1 amide bonds. The standard InChI is InChI=1S/C12H12F3N3O2/c1-6(5-16)10(19)17-7-2-3-9-8(4-7)18-11(20-9)12(13,14)15/h2-4,6H,5,16H2,1H3,(H,17,19). The summed E-state index contributed by atoms with van der Waals surface area (Å²) in [4.78, 5) is 15.0. The van der Waals surface area contributed by atoms with Gasteiger partial charge in [-0.05, 0) is 18.2 Å². The molecule has 0 fully saturated rings. The van der Waals surface area contributed by atoms with E-state index in [-0.39, 0.29) is 23.6 Å². The highest BCUT2D eigenvalue weighted by Crippen LogP contribution is 2.31. The molecule has 20 heavy (non-hydrogen) atoms. The van der Waals surface area contributed by atoms with E-state index >= 15 is 0 Å². The third kappa shape index (κ3) is 2.90. The van der Waals surface area contributed by atoms with Crippen molar-refractivity contribution in [3.8, 4) is 0 Å². The number of nitrogens with zero attached hydrogens (tertiary/aromatic N) is 1. The number of anilines is 1. The average molecular weight is 287 g/mol. The summed E-state index contributed by atoms with van der Waals surface area (Å²) in [5, 5.41) is 2.55. The largest absolute Gasteiger partial charge is 0.468 e. The van der Waals surface area contributed by atoms with Crippen molar-refractivity contribution in [2.75, 3.05) is 11.9 Å². The zero-order valence-electron chi connectivity index (χ0n) is 10.5. The van der Waals surface area contributed by atoms with E-state index in [0.29, 0.717) is 5.69 Å². The Bertz CT molecular complexity index is 636. The number of hydrogen-bond acceptors (Lipinski definition) is 4. The summed E-state index contributed by atoms with van der Waals surface area (Å²) >= 11 is 0. The lowest BCUT2D eigenvalue weighted by atomic mass is 10.1. The molecule has 5 nitrogen and oxygen atoms in total. The van der Waals surface area contributed by atoms with Crippen molar-refractivity contribution in [1.82, 2.24) is 4.98 Å². The van der Waals surface area contributed by atoms with Crippen LogP contribution in [-0.2, 0) is 11.0 Å². The molecule has 2 aromatic rings. The molecule has 0 radical (unpaired) electrons. The van der Waals surface area contributed by atoms with Gasteiger partial charge in [0.25, 0.3) is 0 Å². The smallest absolute Gasteiger partial charge is 0.433 e. The summed E-state index contributed by atoms with van der Waals surface area (Å²) in [6.45, 7) is 1.82. The van der Waals surface area contributed by atoms with Gasteiger partial charge in [-0.3, -0.25) is 4.79 Å². The Morgan fingerprint density at radius 1 is 1.50 bits per heavy atom. The van der Waals surface area contributed by atoms with Gasteiger partial charge in [0.05, 0.1) is 0 Å². The van der Waals surface area contributed by atoms with E-state index in [9.17, 15) is 18.0 Å². The van der Waals surface area contributed by atoms with Crippen molar-refractivity contribution in [1.29, 1.82) is 0 Å². The molecule has 1 aromatic carbocycles. The average Bonchev–Trinajstić information content (AvgIpc) is 2.80. The molecule has 1 aromatic heterocycles. The van der Waals surface area contributed by atoms with Crippen LogP contribution in [0.3, 0.4) is 0 Å². The van der Waals surface area contributed by atoms with Gasteiger partial charge in [0.2, 0.25) is 5.91 Å². The molecule has 0 aliphatic heterocycles.